The SMILES string of the molecule is COC1CN(c2ccc(C)cc2CNC2CC2)CCC1C. The number of aryl methyl sites for hydroxylation is 1. The summed E-state index contributed by atoms with van der Waals surface area (Å²) in [6.45, 7) is 7.62. The lowest BCUT2D eigenvalue weighted by Gasteiger charge is -2.38. The van der Waals surface area contributed by atoms with Gasteiger partial charge in [0, 0.05) is 38.5 Å². The number of nitrogens with zero attached hydrogens (tertiary/aromatic N) is 1. The van der Waals surface area contributed by atoms with Crippen molar-refractivity contribution in [3.05, 3.63) is 29.3 Å². The Hall–Kier alpha value is -1.06. The van der Waals surface area contributed by atoms with Gasteiger partial charge < -0.3 is 15.0 Å². The van der Waals surface area contributed by atoms with Crippen molar-refractivity contribution < 1.29 is 4.74 Å². The number of hydrogen-bond acceptors (Lipinski definition) is 3. The molecule has 21 heavy (non-hydrogen) atoms. The first-order valence-electron chi connectivity index (χ1n) is 8.28. The summed E-state index contributed by atoms with van der Waals surface area (Å²) in [6.07, 6.45) is 4.24. The highest BCUT2D eigenvalue weighted by molar-refractivity contribution is 5.55. The van der Waals surface area contributed by atoms with E-state index in [2.05, 4.69) is 42.3 Å². The minimum Gasteiger partial charge on any atom is -0.379 e. The molecule has 2 aliphatic rings. The molecule has 1 aromatic rings. The summed E-state index contributed by atoms with van der Waals surface area (Å²) < 4.78 is 5.67. The normalized spacial score (nSPS) is 26.1. The van der Waals surface area contributed by atoms with Crippen molar-refractivity contribution in [3.8, 4) is 0 Å². The van der Waals surface area contributed by atoms with Crippen LogP contribution in [0.1, 0.15) is 37.3 Å². The minimum absolute atomic E-state index is 0.351. The van der Waals surface area contributed by atoms with E-state index in [1.54, 1.807) is 0 Å². The molecule has 2 atom stereocenters. The maximum absolute atomic E-state index is 5.67. The van der Waals surface area contributed by atoms with E-state index < -0.39 is 0 Å². The zero-order valence-corrected chi connectivity index (χ0v) is 13.6. The zero-order chi connectivity index (χ0) is 14.8. The van der Waals surface area contributed by atoms with Crippen LogP contribution in [0, 0.1) is 12.8 Å². The molecule has 1 aromatic carbocycles. The molecule has 116 valence electrons. The van der Waals surface area contributed by atoms with Gasteiger partial charge in [0.2, 0.25) is 0 Å². The molecular formula is C18H28N2O. The van der Waals surface area contributed by atoms with Crippen LogP contribution in [-0.4, -0.2) is 32.3 Å². The molecule has 1 aliphatic heterocycles. The molecule has 1 saturated carbocycles. The van der Waals surface area contributed by atoms with E-state index in [4.69, 9.17) is 4.74 Å². The molecule has 0 spiro atoms. The molecule has 1 N–H and O–H groups in total. The summed E-state index contributed by atoms with van der Waals surface area (Å²) >= 11 is 0. The molecule has 1 aliphatic carbocycles. The van der Waals surface area contributed by atoms with E-state index in [0.717, 1.165) is 25.7 Å². The summed E-state index contributed by atoms with van der Waals surface area (Å²) in [5, 5.41) is 3.66. The molecule has 2 unspecified atom stereocenters. The molecule has 0 bridgehead atoms. The number of benzene rings is 1. The smallest absolute Gasteiger partial charge is 0.0772 e. The first kappa shape index (κ1) is 14.9. The second kappa shape index (κ2) is 6.37. The zero-order valence-electron chi connectivity index (χ0n) is 13.6. The fourth-order valence-electron chi connectivity index (χ4n) is 3.27. The second-order valence-corrected chi connectivity index (χ2v) is 6.77. The van der Waals surface area contributed by atoms with Crippen molar-refractivity contribution in [3.63, 3.8) is 0 Å². The van der Waals surface area contributed by atoms with Crippen LogP contribution >= 0.6 is 0 Å². The van der Waals surface area contributed by atoms with Crippen molar-refractivity contribution in [1.82, 2.24) is 5.32 Å². The maximum Gasteiger partial charge on any atom is 0.0772 e. The number of nitrogens with one attached hydrogen (secondary N) is 1. The van der Waals surface area contributed by atoms with Crippen LogP contribution in [0.4, 0.5) is 5.69 Å². The van der Waals surface area contributed by atoms with Gasteiger partial charge in [-0.3, -0.25) is 0 Å². The number of rotatable bonds is 5. The lowest BCUT2D eigenvalue weighted by Crippen LogP contribution is -2.44. The van der Waals surface area contributed by atoms with Gasteiger partial charge in [-0.05, 0) is 43.7 Å². The maximum atomic E-state index is 5.67. The van der Waals surface area contributed by atoms with Crippen LogP contribution < -0.4 is 10.2 Å². The Balaban J connectivity index is 1.76. The highest BCUT2D eigenvalue weighted by Gasteiger charge is 2.27. The van der Waals surface area contributed by atoms with E-state index in [0.29, 0.717) is 12.0 Å². The van der Waals surface area contributed by atoms with Crippen molar-refractivity contribution in [2.45, 2.75) is 51.8 Å². The van der Waals surface area contributed by atoms with Gasteiger partial charge >= 0.3 is 0 Å². The largest absolute Gasteiger partial charge is 0.379 e. The van der Waals surface area contributed by atoms with Gasteiger partial charge in [-0.25, -0.2) is 0 Å². The molecular weight excluding hydrogens is 260 g/mol. The van der Waals surface area contributed by atoms with Gasteiger partial charge in [-0.15, -0.1) is 0 Å². The Kier molecular flexibility index (Phi) is 4.51. The van der Waals surface area contributed by atoms with E-state index in [1.807, 2.05) is 7.11 Å². The Morgan fingerprint density at radius 2 is 2.10 bits per heavy atom. The van der Waals surface area contributed by atoms with E-state index in [1.165, 1.54) is 36.1 Å². The standard InChI is InChI=1S/C18H28N2O/c1-13-4-7-17(15(10-13)11-19-16-5-6-16)20-9-8-14(2)18(12-20)21-3/h4,7,10,14,16,18-19H,5-6,8-9,11-12H2,1-3H3. The predicted molar refractivity (Wildman–Crippen MR) is 87.8 cm³/mol. The van der Waals surface area contributed by atoms with Crippen LogP contribution in [0.2, 0.25) is 0 Å². The molecule has 0 aromatic heterocycles. The fraction of sp³-hybridized carbons (Fsp3) is 0.667. The monoisotopic (exact) mass is 288 g/mol. The lowest BCUT2D eigenvalue weighted by atomic mass is 9.94. The first-order valence-corrected chi connectivity index (χ1v) is 8.28. The van der Waals surface area contributed by atoms with Crippen molar-refractivity contribution in [2.24, 2.45) is 5.92 Å². The number of piperidine rings is 1. The number of ether oxygens (including phenoxy) is 1. The number of hydrogen-bond donors (Lipinski definition) is 1. The average Bonchev–Trinajstić information content (AvgIpc) is 3.30. The number of methoxy groups -OCH3 is 1. The van der Waals surface area contributed by atoms with Gasteiger partial charge in [0.15, 0.2) is 0 Å². The Morgan fingerprint density at radius 1 is 1.29 bits per heavy atom. The highest BCUT2D eigenvalue weighted by atomic mass is 16.5. The number of anilines is 1. The van der Waals surface area contributed by atoms with Crippen LogP contribution in [-0.2, 0) is 11.3 Å². The summed E-state index contributed by atoms with van der Waals surface area (Å²) in [5.41, 5.74) is 4.18. The topological polar surface area (TPSA) is 24.5 Å². The lowest BCUT2D eigenvalue weighted by molar-refractivity contribution is 0.0498. The summed E-state index contributed by atoms with van der Waals surface area (Å²) in [6, 6.07) is 7.62. The van der Waals surface area contributed by atoms with Crippen molar-refractivity contribution in [2.75, 3.05) is 25.1 Å². The molecule has 0 amide bonds. The Labute approximate surface area is 128 Å². The average molecular weight is 288 g/mol. The van der Waals surface area contributed by atoms with Crippen molar-refractivity contribution >= 4 is 5.69 Å². The second-order valence-electron chi connectivity index (χ2n) is 6.77. The summed E-state index contributed by atoms with van der Waals surface area (Å²) in [5.74, 6) is 0.657. The summed E-state index contributed by atoms with van der Waals surface area (Å²) in [7, 11) is 1.84. The molecule has 2 fully saturated rings. The predicted octanol–water partition coefficient (Wildman–Crippen LogP) is 3.11. The first-order chi connectivity index (χ1) is 10.2. The summed E-state index contributed by atoms with van der Waals surface area (Å²) in [4.78, 5) is 2.51. The van der Waals surface area contributed by atoms with Crippen LogP contribution in [0.15, 0.2) is 18.2 Å². The van der Waals surface area contributed by atoms with Gasteiger partial charge in [-0.1, -0.05) is 24.6 Å². The third-order valence-corrected chi connectivity index (χ3v) is 4.93. The fourth-order valence-corrected chi connectivity index (χ4v) is 3.27. The molecule has 1 saturated heterocycles. The van der Waals surface area contributed by atoms with Gasteiger partial charge in [0.1, 0.15) is 0 Å². The van der Waals surface area contributed by atoms with E-state index >= 15 is 0 Å². The van der Waals surface area contributed by atoms with Crippen LogP contribution in [0.5, 0.6) is 0 Å². The molecule has 3 nitrogen and oxygen atoms in total. The highest BCUT2D eigenvalue weighted by Crippen LogP contribution is 2.29. The van der Waals surface area contributed by atoms with Crippen LogP contribution in [0.25, 0.3) is 0 Å². The van der Waals surface area contributed by atoms with Gasteiger partial charge in [-0.2, -0.15) is 0 Å². The van der Waals surface area contributed by atoms with Gasteiger partial charge in [0.05, 0.1) is 6.10 Å². The van der Waals surface area contributed by atoms with Crippen molar-refractivity contribution in [1.29, 1.82) is 0 Å². The molecule has 0 radical (unpaired) electrons. The third kappa shape index (κ3) is 3.58. The van der Waals surface area contributed by atoms with E-state index in [-0.39, 0.29) is 0 Å². The quantitative estimate of drug-likeness (QED) is 0.901. The van der Waals surface area contributed by atoms with E-state index in [9.17, 15) is 0 Å². The Morgan fingerprint density at radius 3 is 2.81 bits per heavy atom. The van der Waals surface area contributed by atoms with Crippen LogP contribution in [0.3, 0.4) is 0 Å². The van der Waals surface area contributed by atoms with Gasteiger partial charge in [0.25, 0.3) is 0 Å². The molecule has 3 rings (SSSR count). The molecule has 3 heteroatoms. The minimum atomic E-state index is 0.351. The third-order valence-electron chi connectivity index (χ3n) is 4.93. The Bertz CT molecular complexity index is 484. The molecule has 1 heterocycles.